The first-order chi connectivity index (χ1) is 14.7. The fourth-order valence-corrected chi connectivity index (χ4v) is 2.76. The molecule has 0 saturated heterocycles. The van der Waals surface area contributed by atoms with Crippen LogP contribution in [0.5, 0.6) is 17.4 Å². The van der Waals surface area contributed by atoms with Gasteiger partial charge in [0.2, 0.25) is 5.88 Å². The zero-order chi connectivity index (χ0) is 21.2. The van der Waals surface area contributed by atoms with Crippen molar-refractivity contribution in [3.63, 3.8) is 0 Å². The van der Waals surface area contributed by atoms with E-state index in [1.165, 1.54) is 6.07 Å². The third-order valence-electron chi connectivity index (χ3n) is 4.41. The predicted molar refractivity (Wildman–Crippen MR) is 116 cm³/mol. The maximum absolute atomic E-state index is 13.7. The lowest BCUT2D eigenvalue weighted by Crippen LogP contribution is -2.37. The molecular formula is C23H25FN4O2. The van der Waals surface area contributed by atoms with E-state index in [2.05, 4.69) is 20.6 Å². The van der Waals surface area contributed by atoms with Gasteiger partial charge in [-0.15, -0.1) is 0 Å². The summed E-state index contributed by atoms with van der Waals surface area (Å²) in [6.45, 7) is 1.13. The van der Waals surface area contributed by atoms with E-state index in [0.717, 1.165) is 11.3 Å². The molecule has 156 valence electrons. The number of nitrogens with zero attached hydrogens (tertiary/aromatic N) is 2. The summed E-state index contributed by atoms with van der Waals surface area (Å²) in [6.07, 6.45) is 2.32. The Hall–Kier alpha value is -3.61. The van der Waals surface area contributed by atoms with Crippen LogP contribution in [0.15, 0.2) is 71.9 Å². The van der Waals surface area contributed by atoms with E-state index >= 15 is 0 Å². The molecule has 30 heavy (non-hydrogen) atoms. The zero-order valence-corrected chi connectivity index (χ0v) is 17.1. The van der Waals surface area contributed by atoms with Crippen LogP contribution in [0.25, 0.3) is 0 Å². The van der Waals surface area contributed by atoms with E-state index in [9.17, 15) is 4.39 Å². The van der Waals surface area contributed by atoms with Gasteiger partial charge in [-0.1, -0.05) is 24.3 Å². The van der Waals surface area contributed by atoms with Crippen molar-refractivity contribution in [2.75, 3.05) is 20.7 Å². The number of hydrogen-bond donors (Lipinski definition) is 2. The van der Waals surface area contributed by atoms with Crippen molar-refractivity contribution >= 4 is 5.96 Å². The molecule has 0 radical (unpaired) electrons. The molecule has 0 aliphatic heterocycles. The zero-order valence-electron chi connectivity index (χ0n) is 17.1. The molecule has 0 spiro atoms. The molecule has 0 saturated carbocycles. The van der Waals surface area contributed by atoms with Crippen LogP contribution < -0.4 is 20.1 Å². The topological polar surface area (TPSA) is 67.8 Å². The van der Waals surface area contributed by atoms with E-state index < -0.39 is 0 Å². The highest BCUT2D eigenvalue weighted by Gasteiger charge is 2.04. The Labute approximate surface area is 175 Å². The summed E-state index contributed by atoms with van der Waals surface area (Å²) in [4.78, 5) is 8.53. The molecule has 2 N–H and O–H groups in total. The Morgan fingerprint density at radius 3 is 2.43 bits per heavy atom. The minimum absolute atomic E-state index is 0.190. The third kappa shape index (κ3) is 6.20. The number of hydrogen-bond acceptors (Lipinski definition) is 4. The Kier molecular flexibility index (Phi) is 7.60. The van der Waals surface area contributed by atoms with Crippen LogP contribution in [-0.2, 0) is 13.0 Å². The molecule has 0 atom stereocenters. The predicted octanol–water partition coefficient (Wildman–Crippen LogP) is 3.93. The summed E-state index contributed by atoms with van der Waals surface area (Å²) in [5.74, 6) is 2.42. The van der Waals surface area contributed by atoms with E-state index in [-0.39, 0.29) is 5.82 Å². The first-order valence-electron chi connectivity index (χ1n) is 9.62. The molecule has 7 heteroatoms. The lowest BCUT2D eigenvalue weighted by Gasteiger charge is -2.12. The average molecular weight is 408 g/mol. The van der Waals surface area contributed by atoms with Crippen molar-refractivity contribution in [1.29, 1.82) is 0 Å². The van der Waals surface area contributed by atoms with Crippen LogP contribution in [0.3, 0.4) is 0 Å². The molecule has 1 aromatic heterocycles. The number of aromatic nitrogens is 1. The number of ether oxygens (including phenoxy) is 2. The molecule has 0 aliphatic rings. The van der Waals surface area contributed by atoms with Crippen molar-refractivity contribution < 1.29 is 13.9 Å². The highest BCUT2D eigenvalue weighted by atomic mass is 19.1. The normalized spacial score (nSPS) is 11.1. The number of nitrogens with one attached hydrogen (secondary N) is 2. The highest BCUT2D eigenvalue weighted by molar-refractivity contribution is 5.79. The second-order valence-electron chi connectivity index (χ2n) is 6.48. The van der Waals surface area contributed by atoms with Crippen molar-refractivity contribution in [1.82, 2.24) is 15.6 Å². The van der Waals surface area contributed by atoms with Crippen LogP contribution >= 0.6 is 0 Å². The quantitative estimate of drug-likeness (QED) is 0.437. The van der Waals surface area contributed by atoms with Crippen molar-refractivity contribution in [2.45, 2.75) is 13.0 Å². The van der Waals surface area contributed by atoms with E-state index in [1.807, 2.05) is 42.5 Å². The summed E-state index contributed by atoms with van der Waals surface area (Å²) in [5, 5.41) is 6.40. The average Bonchev–Trinajstić information content (AvgIpc) is 2.79. The molecule has 2 aromatic carbocycles. The number of guanidine groups is 1. The molecule has 0 unspecified atom stereocenters. The molecule has 0 bridgehead atoms. The highest BCUT2D eigenvalue weighted by Crippen LogP contribution is 2.22. The second kappa shape index (κ2) is 10.8. The number of pyridine rings is 1. The molecule has 3 rings (SSSR count). The summed E-state index contributed by atoms with van der Waals surface area (Å²) >= 11 is 0. The SMILES string of the molecule is CN=C(NCCc1ccccc1F)NCc1ccc(Oc2ccc(OC)cc2)nc1. The Bertz CT molecular complexity index is 960. The van der Waals surface area contributed by atoms with Crippen molar-refractivity contribution in [2.24, 2.45) is 4.99 Å². The van der Waals surface area contributed by atoms with Gasteiger partial charge in [0.1, 0.15) is 17.3 Å². The van der Waals surface area contributed by atoms with Gasteiger partial charge in [0.05, 0.1) is 7.11 Å². The standard InChI is InChI=1S/C23H25FN4O2/c1-25-23(26-14-13-18-5-3-4-6-21(18)24)28-16-17-7-12-22(27-15-17)30-20-10-8-19(29-2)9-11-20/h3-12,15H,13-14,16H2,1-2H3,(H2,25,26,28). The molecular weight excluding hydrogens is 383 g/mol. The minimum Gasteiger partial charge on any atom is -0.497 e. The first-order valence-corrected chi connectivity index (χ1v) is 9.62. The molecule has 3 aromatic rings. The molecule has 0 aliphatic carbocycles. The second-order valence-corrected chi connectivity index (χ2v) is 6.48. The monoisotopic (exact) mass is 408 g/mol. The third-order valence-corrected chi connectivity index (χ3v) is 4.41. The summed E-state index contributed by atoms with van der Waals surface area (Å²) in [6, 6.07) is 17.8. The number of rotatable bonds is 8. The van der Waals surface area contributed by atoms with Gasteiger partial charge >= 0.3 is 0 Å². The van der Waals surface area contributed by atoms with Crippen LogP contribution in [-0.4, -0.2) is 31.6 Å². The van der Waals surface area contributed by atoms with Crippen LogP contribution in [0.1, 0.15) is 11.1 Å². The van der Waals surface area contributed by atoms with Crippen LogP contribution in [0.2, 0.25) is 0 Å². The number of methoxy groups -OCH3 is 1. The summed E-state index contributed by atoms with van der Waals surface area (Å²) < 4.78 is 24.5. The van der Waals surface area contributed by atoms with Gasteiger partial charge in [-0.25, -0.2) is 9.37 Å². The van der Waals surface area contributed by atoms with Gasteiger partial charge in [-0.3, -0.25) is 4.99 Å². The van der Waals surface area contributed by atoms with Gasteiger partial charge in [-0.05, 0) is 47.9 Å². The molecule has 0 fully saturated rings. The fraction of sp³-hybridized carbons (Fsp3) is 0.217. The van der Waals surface area contributed by atoms with Gasteiger partial charge in [0.15, 0.2) is 5.96 Å². The van der Waals surface area contributed by atoms with Gasteiger partial charge < -0.3 is 20.1 Å². The first kappa shape index (κ1) is 21.1. The van der Waals surface area contributed by atoms with E-state index in [1.54, 1.807) is 32.5 Å². The number of benzene rings is 2. The molecule has 0 amide bonds. The lowest BCUT2D eigenvalue weighted by molar-refractivity contribution is 0.412. The smallest absolute Gasteiger partial charge is 0.219 e. The van der Waals surface area contributed by atoms with E-state index in [4.69, 9.17) is 9.47 Å². The Balaban J connectivity index is 1.45. The molecule has 1 heterocycles. The maximum Gasteiger partial charge on any atom is 0.219 e. The number of halogens is 1. The lowest BCUT2D eigenvalue weighted by atomic mass is 10.1. The van der Waals surface area contributed by atoms with Crippen molar-refractivity contribution in [3.05, 3.63) is 83.8 Å². The minimum atomic E-state index is -0.190. The largest absolute Gasteiger partial charge is 0.497 e. The van der Waals surface area contributed by atoms with Gasteiger partial charge in [0.25, 0.3) is 0 Å². The van der Waals surface area contributed by atoms with E-state index in [0.29, 0.717) is 42.7 Å². The molecule has 6 nitrogen and oxygen atoms in total. The Morgan fingerprint density at radius 2 is 1.77 bits per heavy atom. The number of aliphatic imine (C=N–C) groups is 1. The Morgan fingerprint density at radius 1 is 1.00 bits per heavy atom. The summed E-state index contributed by atoms with van der Waals surface area (Å²) in [7, 11) is 3.32. The van der Waals surface area contributed by atoms with Crippen molar-refractivity contribution in [3.8, 4) is 17.4 Å². The van der Waals surface area contributed by atoms with Gasteiger partial charge in [-0.2, -0.15) is 0 Å². The van der Waals surface area contributed by atoms with Crippen LogP contribution in [0.4, 0.5) is 4.39 Å². The summed E-state index contributed by atoms with van der Waals surface area (Å²) in [5.41, 5.74) is 1.66. The van der Waals surface area contributed by atoms with Gasteiger partial charge in [0, 0.05) is 32.4 Å². The fourth-order valence-electron chi connectivity index (χ4n) is 2.76. The maximum atomic E-state index is 13.7. The van der Waals surface area contributed by atoms with Crippen LogP contribution in [0, 0.1) is 5.82 Å².